The van der Waals surface area contributed by atoms with Gasteiger partial charge in [0.1, 0.15) is 5.76 Å². The van der Waals surface area contributed by atoms with Crippen molar-refractivity contribution >= 4 is 35.1 Å². The van der Waals surface area contributed by atoms with E-state index in [0.29, 0.717) is 18.8 Å². The van der Waals surface area contributed by atoms with E-state index >= 15 is 0 Å². The third-order valence-corrected chi connectivity index (χ3v) is 4.48. The fraction of sp³-hybridized carbons (Fsp3) is 0.263. The summed E-state index contributed by atoms with van der Waals surface area (Å²) >= 11 is 5.02. The van der Waals surface area contributed by atoms with Crippen molar-refractivity contribution in [3.63, 3.8) is 0 Å². The largest absolute Gasteiger partial charge is 0.467 e. The van der Waals surface area contributed by atoms with Crippen LogP contribution in [0.2, 0.25) is 0 Å². The molecule has 1 saturated heterocycles. The summed E-state index contributed by atoms with van der Waals surface area (Å²) in [6.07, 6.45) is 1.83. The molecule has 1 fully saturated rings. The van der Waals surface area contributed by atoms with Gasteiger partial charge in [-0.05, 0) is 29.9 Å². The quantitative estimate of drug-likeness (QED) is 0.509. The van der Waals surface area contributed by atoms with E-state index < -0.39 is 5.92 Å². The average molecular weight is 400 g/mol. The van der Waals surface area contributed by atoms with Gasteiger partial charge in [0.2, 0.25) is 17.7 Å². The number of nitrogens with zero attached hydrogens (tertiary/aromatic N) is 1. The molecular weight excluding hydrogens is 380 g/mol. The number of rotatable bonds is 5. The van der Waals surface area contributed by atoms with Crippen molar-refractivity contribution in [2.45, 2.75) is 19.4 Å². The molecule has 1 aliphatic rings. The molecule has 8 nitrogen and oxygen atoms in total. The number of amides is 3. The number of hydrogen-bond donors (Lipinski definition) is 3. The second kappa shape index (κ2) is 9.14. The zero-order valence-corrected chi connectivity index (χ0v) is 15.8. The molecule has 0 aliphatic carbocycles. The minimum atomic E-state index is -0.502. The first-order valence-corrected chi connectivity index (χ1v) is 9.16. The van der Waals surface area contributed by atoms with Gasteiger partial charge in [-0.25, -0.2) is 0 Å². The molecule has 3 rings (SSSR count). The summed E-state index contributed by atoms with van der Waals surface area (Å²) in [7, 11) is 0. The SMILES string of the molecule is O=C(Cc1ccccc1)NC(=S)NNC(=O)C1CC(=O)N(Cc2ccco2)C1. The predicted molar refractivity (Wildman–Crippen MR) is 104 cm³/mol. The molecule has 0 bridgehead atoms. The molecule has 3 amide bonds. The van der Waals surface area contributed by atoms with Crippen molar-refractivity contribution in [1.29, 1.82) is 0 Å². The predicted octanol–water partition coefficient (Wildman–Crippen LogP) is 0.893. The molecule has 1 aliphatic heterocycles. The lowest BCUT2D eigenvalue weighted by molar-refractivity contribution is -0.129. The molecule has 1 atom stereocenters. The van der Waals surface area contributed by atoms with Gasteiger partial charge in [0.15, 0.2) is 5.11 Å². The topological polar surface area (TPSA) is 104 Å². The lowest BCUT2D eigenvalue weighted by atomic mass is 10.1. The van der Waals surface area contributed by atoms with Crippen LogP contribution in [0.4, 0.5) is 0 Å². The molecule has 9 heteroatoms. The van der Waals surface area contributed by atoms with Gasteiger partial charge >= 0.3 is 0 Å². The molecule has 3 N–H and O–H groups in total. The molecular formula is C19H20N4O4S. The Kier molecular flexibility index (Phi) is 6.38. The van der Waals surface area contributed by atoms with Gasteiger partial charge in [-0.3, -0.25) is 25.2 Å². The Labute approximate surface area is 167 Å². The van der Waals surface area contributed by atoms with Gasteiger partial charge in [-0.15, -0.1) is 0 Å². The first-order valence-electron chi connectivity index (χ1n) is 8.75. The van der Waals surface area contributed by atoms with Crippen LogP contribution in [0.3, 0.4) is 0 Å². The maximum absolute atomic E-state index is 12.3. The Morgan fingerprint density at radius 3 is 2.64 bits per heavy atom. The Hall–Kier alpha value is -3.20. The van der Waals surface area contributed by atoms with Crippen molar-refractivity contribution in [1.82, 2.24) is 21.1 Å². The van der Waals surface area contributed by atoms with E-state index in [0.717, 1.165) is 5.56 Å². The first-order chi connectivity index (χ1) is 13.5. The highest BCUT2D eigenvalue weighted by molar-refractivity contribution is 7.80. The number of benzene rings is 1. The van der Waals surface area contributed by atoms with Crippen LogP contribution in [0.5, 0.6) is 0 Å². The number of carbonyl (C=O) groups excluding carboxylic acids is 3. The minimum absolute atomic E-state index is 0.00829. The Morgan fingerprint density at radius 1 is 1.14 bits per heavy atom. The molecule has 2 heterocycles. The third-order valence-electron chi connectivity index (χ3n) is 4.27. The highest BCUT2D eigenvalue weighted by Crippen LogP contribution is 2.20. The van der Waals surface area contributed by atoms with Crippen LogP contribution in [-0.2, 0) is 27.3 Å². The lowest BCUT2D eigenvalue weighted by Crippen LogP contribution is -2.50. The van der Waals surface area contributed by atoms with Gasteiger partial charge in [-0.1, -0.05) is 30.3 Å². The number of hydrogen-bond acceptors (Lipinski definition) is 5. The van der Waals surface area contributed by atoms with E-state index in [2.05, 4.69) is 16.2 Å². The smallest absolute Gasteiger partial charge is 0.243 e. The maximum atomic E-state index is 12.3. The molecule has 2 aromatic rings. The molecule has 146 valence electrons. The van der Waals surface area contributed by atoms with Crippen LogP contribution in [0, 0.1) is 5.92 Å². The highest BCUT2D eigenvalue weighted by atomic mass is 32.1. The van der Waals surface area contributed by atoms with Crippen molar-refractivity contribution in [3.05, 3.63) is 60.1 Å². The number of carbonyl (C=O) groups is 3. The minimum Gasteiger partial charge on any atom is -0.467 e. The molecule has 1 unspecified atom stereocenters. The number of hydrazine groups is 1. The summed E-state index contributed by atoms with van der Waals surface area (Å²) in [6, 6.07) is 12.8. The average Bonchev–Trinajstić information content (AvgIpc) is 3.31. The first kappa shape index (κ1) is 19.6. The normalized spacial score (nSPS) is 15.9. The number of nitrogens with one attached hydrogen (secondary N) is 3. The third kappa shape index (κ3) is 5.40. The number of furan rings is 1. The molecule has 1 aromatic heterocycles. The van der Waals surface area contributed by atoms with E-state index in [1.807, 2.05) is 30.3 Å². The number of likely N-dealkylation sites (tertiary alicyclic amines) is 1. The van der Waals surface area contributed by atoms with Crippen LogP contribution >= 0.6 is 12.2 Å². The second-order valence-corrected chi connectivity index (χ2v) is 6.82. The van der Waals surface area contributed by atoms with E-state index in [9.17, 15) is 14.4 Å². The lowest BCUT2D eigenvalue weighted by Gasteiger charge is -2.16. The van der Waals surface area contributed by atoms with E-state index in [1.165, 1.54) is 6.26 Å². The van der Waals surface area contributed by atoms with Crippen LogP contribution in [0.15, 0.2) is 53.1 Å². The van der Waals surface area contributed by atoms with Gasteiger partial charge in [0.05, 0.1) is 25.1 Å². The van der Waals surface area contributed by atoms with Crippen LogP contribution in [-0.4, -0.2) is 34.3 Å². The van der Waals surface area contributed by atoms with Gasteiger partial charge in [-0.2, -0.15) is 0 Å². The summed E-state index contributed by atoms with van der Waals surface area (Å²) in [5, 5.41) is 2.49. The summed E-state index contributed by atoms with van der Waals surface area (Å²) in [5.41, 5.74) is 5.80. The maximum Gasteiger partial charge on any atom is 0.243 e. The summed E-state index contributed by atoms with van der Waals surface area (Å²) in [5.74, 6) is -0.614. The van der Waals surface area contributed by atoms with Gasteiger partial charge < -0.3 is 14.6 Å². The molecule has 0 spiro atoms. The Balaban J connectivity index is 1.40. The van der Waals surface area contributed by atoms with E-state index in [1.54, 1.807) is 17.0 Å². The molecule has 28 heavy (non-hydrogen) atoms. The zero-order chi connectivity index (χ0) is 19.9. The van der Waals surface area contributed by atoms with Crippen molar-refractivity contribution in [2.75, 3.05) is 6.54 Å². The summed E-state index contributed by atoms with van der Waals surface area (Å²) in [6.45, 7) is 0.622. The van der Waals surface area contributed by atoms with E-state index in [-0.39, 0.29) is 35.7 Å². The standard InChI is InChI=1S/C19H20N4O4S/c24-16(9-13-5-2-1-3-6-13)20-19(28)22-21-18(26)14-10-17(25)23(11-14)12-15-7-4-8-27-15/h1-8,14H,9-12H2,(H,21,26)(H2,20,22,24,28). The summed E-state index contributed by atoms with van der Waals surface area (Å²) in [4.78, 5) is 37.9. The van der Waals surface area contributed by atoms with Crippen molar-refractivity contribution < 1.29 is 18.8 Å². The Morgan fingerprint density at radius 2 is 1.93 bits per heavy atom. The summed E-state index contributed by atoms with van der Waals surface area (Å²) < 4.78 is 5.23. The second-order valence-electron chi connectivity index (χ2n) is 6.41. The van der Waals surface area contributed by atoms with Crippen LogP contribution in [0.1, 0.15) is 17.7 Å². The number of thiocarbonyl (C=S) groups is 1. The zero-order valence-electron chi connectivity index (χ0n) is 15.0. The monoisotopic (exact) mass is 400 g/mol. The van der Waals surface area contributed by atoms with Crippen molar-refractivity contribution in [2.24, 2.45) is 5.92 Å². The van der Waals surface area contributed by atoms with E-state index in [4.69, 9.17) is 16.6 Å². The van der Waals surface area contributed by atoms with Crippen molar-refractivity contribution in [3.8, 4) is 0 Å². The van der Waals surface area contributed by atoms with Crippen LogP contribution < -0.4 is 16.2 Å². The highest BCUT2D eigenvalue weighted by Gasteiger charge is 2.34. The fourth-order valence-electron chi connectivity index (χ4n) is 2.90. The molecule has 0 radical (unpaired) electrons. The van der Waals surface area contributed by atoms with Gasteiger partial charge in [0, 0.05) is 13.0 Å². The molecule has 0 saturated carbocycles. The van der Waals surface area contributed by atoms with Gasteiger partial charge in [0.25, 0.3) is 0 Å². The fourth-order valence-corrected chi connectivity index (χ4v) is 3.06. The Bertz CT molecular complexity index is 854. The molecule has 1 aromatic carbocycles. The van der Waals surface area contributed by atoms with Crippen LogP contribution in [0.25, 0.3) is 0 Å².